The van der Waals surface area contributed by atoms with Crippen LogP contribution in [0.4, 0.5) is 0 Å². The number of nitrogens with zero attached hydrogens (tertiary/aromatic N) is 4. The SMILES string of the molecule is CC(C)n1cncc1CNCCc1ncno1. The fourth-order valence-corrected chi connectivity index (χ4v) is 1.65. The molecule has 0 fully saturated rings. The minimum Gasteiger partial charge on any atom is -0.340 e. The van der Waals surface area contributed by atoms with Gasteiger partial charge in [0.25, 0.3) is 0 Å². The lowest BCUT2D eigenvalue weighted by Gasteiger charge is -2.11. The average molecular weight is 235 g/mol. The van der Waals surface area contributed by atoms with Crippen LogP contribution in [0.2, 0.25) is 0 Å². The first-order valence-corrected chi connectivity index (χ1v) is 5.74. The first-order chi connectivity index (χ1) is 8.27. The summed E-state index contributed by atoms with van der Waals surface area (Å²) in [6.07, 6.45) is 5.92. The Morgan fingerprint density at radius 1 is 1.47 bits per heavy atom. The fraction of sp³-hybridized carbons (Fsp3) is 0.545. The summed E-state index contributed by atoms with van der Waals surface area (Å²) in [6, 6.07) is 0.435. The van der Waals surface area contributed by atoms with Gasteiger partial charge < -0.3 is 14.4 Å². The van der Waals surface area contributed by atoms with Gasteiger partial charge in [-0.05, 0) is 13.8 Å². The summed E-state index contributed by atoms with van der Waals surface area (Å²) < 4.78 is 7.07. The van der Waals surface area contributed by atoms with E-state index in [1.165, 1.54) is 12.0 Å². The van der Waals surface area contributed by atoms with Crippen molar-refractivity contribution in [2.45, 2.75) is 32.9 Å². The van der Waals surface area contributed by atoms with Gasteiger partial charge in [-0.3, -0.25) is 0 Å². The minimum atomic E-state index is 0.435. The summed E-state index contributed by atoms with van der Waals surface area (Å²) in [5.41, 5.74) is 1.19. The molecule has 0 saturated heterocycles. The van der Waals surface area contributed by atoms with Gasteiger partial charge in [-0.15, -0.1) is 0 Å². The minimum absolute atomic E-state index is 0.435. The molecule has 0 spiro atoms. The van der Waals surface area contributed by atoms with Gasteiger partial charge in [-0.1, -0.05) is 5.16 Å². The van der Waals surface area contributed by atoms with Crippen molar-refractivity contribution in [3.8, 4) is 0 Å². The Hall–Kier alpha value is -1.69. The van der Waals surface area contributed by atoms with E-state index in [0.29, 0.717) is 11.9 Å². The summed E-state index contributed by atoms with van der Waals surface area (Å²) in [5, 5.41) is 6.89. The molecule has 0 bridgehead atoms. The predicted molar refractivity (Wildman–Crippen MR) is 62.3 cm³/mol. The second-order valence-electron chi connectivity index (χ2n) is 4.15. The van der Waals surface area contributed by atoms with Gasteiger partial charge in [0.1, 0.15) is 0 Å². The van der Waals surface area contributed by atoms with Crippen LogP contribution in [0.3, 0.4) is 0 Å². The lowest BCUT2D eigenvalue weighted by molar-refractivity contribution is 0.374. The number of hydrogen-bond acceptors (Lipinski definition) is 5. The Kier molecular flexibility index (Phi) is 3.87. The van der Waals surface area contributed by atoms with Crippen molar-refractivity contribution in [1.29, 1.82) is 0 Å². The van der Waals surface area contributed by atoms with Crippen LogP contribution >= 0.6 is 0 Å². The predicted octanol–water partition coefficient (Wildman–Crippen LogP) is 1.18. The Balaban J connectivity index is 1.76. The number of hydrogen-bond donors (Lipinski definition) is 1. The van der Waals surface area contributed by atoms with E-state index in [0.717, 1.165) is 19.5 Å². The number of rotatable bonds is 6. The highest BCUT2D eigenvalue weighted by molar-refractivity contribution is 4.99. The molecule has 0 atom stereocenters. The van der Waals surface area contributed by atoms with Crippen molar-refractivity contribution in [1.82, 2.24) is 25.0 Å². The second kappa shape index (κ2) is 5.58. The second-order valence-corrected chi connectivity index (χ2v) is 4.15. The molecule has 2 aromatic rings. The van der Waals surface area contributed by atoms with E-state index >= 15 is 0 Å². The highest BCUT2D eigenvalue weighted by Gasteiger charge is 2.05. The molecule has 6 nitrogen and oxygen atoms in total. The van der Waals surface area contributed by atoms with Gasteiger partial charge in [0.05, 0.1) is 12.0 Å². The molecule has 0 aliphatic carbocycles. The molecule has 0 unspecified atom stereocenters. The van der Waals surface area contributed by atoms with E-state index < -0.39 is 0 Å². The molecule has 0 aliphatic heterocycles. The smallest absolute Gasteiger partial charge is 0.227 e. The van der Waals surface area contributed by atoms with E-state index in [1.54, 1.807) is 0 Å². The van der Waals surface area contributed by atoms with Gasteiger partial charge in [0, 0.05) is 31.7 Å². The lowest BCUT2D eigenvalue weighted by atomic mass is 10.3. The molecule has 17 heavy (non-hydrogen) atoms. The Morgan fingerprint density at radius 3 is 3.06 bits per heavy atom. The van der Waals surface area contributed by atoms with E-state index in [-0.39, 0.29) is 0 Å². The summed E-state index contributed by atoms with van der Waals surface area (Å²) in [5.74, 6) is 0.662. The van der Waals surface area contributed by atoms with Gasteiger partial charge in [0.2, 0.25) is 5.89 Å². The first kappa shape index (κ1) is 11.8. The van der Waals surface area contributed by atoms with Crippen molar-refractivity contribution in [2.24, 2.45) is 0 Å². The van der Waals surface area contributed by atoms with Crippen LogP contribution in [-0.4, -0.2) is 26.2 Å². The highest BCUT2D eigenvalue weighted by Crippen LogP contribution is 2.08. The monoisotopic (exact) mass is 235 g/mol. The standard InChI is InChI=1S/C11H17N5O/c1-9(2)16-8-13-6-10(16)5-12-4-3-11-14-7-15-17-11/h6-9,12H,3-5H2,1-2H3. The largest absolute Gasteiger partial charge is 0.340 e. The Bertz CT molecular complexity index is 434. The van der Waals surface area contributed by atoms with Crippen LogP contribution in [0.5, 0.6) is 0 Å². The maximum absolute atomic E-state index is 4.91. The van der Waals surface area contributed by atoms with Gasteiger partial charge >= 0.3 is 0 Å². The van der Waals surface area contributed by atoms with Crippen LogP contribution in [0.25, 0.3) is 0 Å². The Morgan fingerprint density at radius 2 is 2.35 bits per heavy atom. The molecule has 1 N–H and O–H groups in total. The third kappa shape index (κ3) is 3.13. The molecule has 0 aromatic carbocycles. The molecular weight excluding hydrogens is 218 g/mol. The zero-order valence-corrected chi connectivity index (χ0v) is 10.1. The molecule has 0 aliphatic rings. The molecule has 0 radical (unpaired) electrons. The summed E-state index contributed by atoms with van der Waals surface area (Å²) >= 11 is 0. The van der Waals surface area contributed by atoms with Crippen molar-refractivity contribution in [3.63, 3.8) is 0 Å². The molecule has 0 saturated carbocycles. The zero-order valence-electron chi connectivity index (χ0n) is 10.1. The van der Waals surface area contributed by atoms with Gasteiger partial charge in [0.15, 0.2) is 6.33 Å². The highest BCUT2D eigenvalue weighted by atomic mass is 16.5. The van der Waals surface area contributed by atoms with Crippen LogP contribution in [0.1, 0.15) is 31.5 Å². The number of imidazole rings is 1. The zero-order chi connectivity index (χ0) is 12.1. The summed E-state index contributed by atoms with van der Waals surface area (Å²) in [6.45, 7) is 5.89. The number of aromatic nitrogens is 4. The van der Waals surface area contributed by atoms with E-state index in [9.17, 15) is 0 Å². The molecular formula is C11H17N5O. The molecule has 2 heterocycles. The van der Waals surface area contributed by atoms with Crippen LogP contribution in [-0.2, 0) is 13.0 Å². The normalized spacial score (nSPS) is 11.2. The van der Waals surface area contributed by atoms with E-state index in [1.807, 2.05) is 12.5 Å². The molecule has 2 aromatic heterocycles. The van der Waals surface area contributed by atoms with Crippen molar-refractivity contribution in [3.05, 3.63) is 30.4 Å². The number of nitrogens with one attached hydrogen (secondary N) is 1. The molecule has 2 rings (SSSR count). The molecule has 6 heteroatoms. The van der Waals surface area contributed by atoms with E-state index in [2.05, 4.69) is 38.9 Å². The maximum atomic E-state index is 4.91. The molecule has 0 amide bonds. The molecule has 92 valence electrons. The summed E-state index contributed by atoms with van der Waals surface area (Å²) in [7, 11) is 0. The van der Waals surface area contributed by atoms with Crippen LogP contribution < -0.4 is 5.32 Å². The fourth-order valence-electron chi connectivity index (χ4n) is 1.65. The van der Waals surface area contributed by atoms with Gasteiger partial charge in [-0.25, -0.2) is 4.98 Å². The maximum Gasteiger partial charge on any atom is 0.227 e. The van der Waals surface area contributed by atoms with Crippen LogP contribution in [0, 0.1) is 0 Å². The quantitative estimate of drug-likeness (QED) is 0.761. The Labute approximate surface area is 100 Å². The third-order valence-electron chi connectivity index (χ3n) is 2.53. The van der Waals surface area contributed by atoms with Crippen molar-refractivity contribution in [2.75, 3.05) is 6.54 Å². The average Bonchev–Trinajstić information content (AvgIpc) is 2.95. The van der Waals surface area contributed by atoms with Gasteiger partial charge in [-0.2, -0.15) is 4.98 Å². The topological polar surface area (TPSA) is 68.8 Å². The van der Waals surface area contributed by atoms with E-state index in [4.69, 9.17) is 4.52 Å². The third-order valence-corrected chi connectivity index (χ3v) is 2.53. The summed E-state index contributed by atoms with van der Waals surface area (Å²) in [4.78, 5) is 8.12. The van der Waals surface area contributed by atoms with Crippen molar-refractivity contribution < 1.29 is 4.52 Å². The van der Waals surface area contributed by atoms with Crippen LogP contribution in [0.15, 0.2) is 23.4 Å². The van der Waals surface area contributed by atoms with Crippen molar-refractivity contribution >= 4 is 0 Å². The lowest BCUT2D eigenvalue weighted by Crippen LogP contribution is -2.19. The first-order valence-electron chi connectivity index (χ1n) is 5.74.